The van der Waals surface area contributed by atoms with Gasteiger partial charge in [-0.25, -0.2) is 4.39 Å². The second-order valence-electron chi connectivity index (χ2n) is 3.60. The molecule has 1 unspecified atom stereocenters. The lowest BCUT2D eigenvalue weighted by atomic mass is 9.94. The summed E-state index contributed by atoms with van der Waals surface area (Å²) < 4.78 is 14.0. The molecule has 1 aromatic carbocycles. The molecular formula is C13H9BrFOS. The van der Waals surface area contributed by atoms with E-state index < -0.39 is 0 Å². The van der Waals surface area contributed by atoms with Crippen molar-refractivity contribution in [3.63, 3.8) is 0 Å². The number of thiophene rings is 1. The number of hydrogen-bond acceptors (Lipinski definition) is 2. The van der Waals surface area contributed by atoms with Gasteiger partial charge in [-0.3, -0.25) is 4.79 Å². The Morgan fingerprint density at radius 2 is 2.18 bits per heavy atom. The number of carbonyl (C=O) groups is 1. The van der Waals surface area contributed by atoms with E-state index in [0.717, 1.165) is 21.2 Å². The molecule has 0 fully saturated rings. The lowest BCUT2D eigenvalue weighted by molar-refractivity contribution is 0.112. The van der Waals surface area contributed by atoms with Gasteiger partial charge in [0.05, 0.1) is 8.66 Å². The molecule has 0 bridgehead atoms. The Hall–Kier alpha value is -1.000. The Balaban J connectivity index is 2.42. The summed E-state index contributed by atoms with van der Waals surface area (Å²) in [5, 5.41) is 0. The average Bonchev–Trinajstić information content (AvgIpc) is 2.69. The quantitative estimate of drug-likeness (QED) is 0.766. The van der Waals surface area contributed by atoms with E-state index >= 15 is 0 Å². The van der Waals surface area contributed by atoms with Crippen LogP contribution in [0.4, 0.5) is 4.39 Å². The van der Waals surface area contributed by atoms with Crippen LogP contribution in [0.1, 0.15) is 26.7 Å². The molecule has 0 amide bonds. The van der Waals surface area contributed by atoms with Gasteiger partial charge < -0.3 is 0 Å². The van der Waals surface area contributed by atoms with E-state index in [2.05, 4.69) is 22.9 Å². The van der Waals surface area contributed by atoms with Gasteiger partial charge in [0, 0.05) is 5.92 Å². The Kier molecular flexibility index (Phi) is 3.74. The van der Waals surface area contributed by atoms with Gasteiger partial charge in [-0.05, 0) is 52.2 Å². The highest BCUT2D eigenvalue weighted by Crippen LogP contribution is 2.34. The molecule has 0 aliphatic rings. The first-order valence-corrected chi connectivity index (χ1v) is 6.55. The van der Waals surface area contributed by atoms with Crippen LogP contribution in [0.5, 0.6) is 0 Å². The molecule has 0 saturated carbocycles. The molecular weight excluding hydrogens is 303 g/mol. The summed E-state index contributed by atoms with van der Waals surface area (Å²) in [5.41, 5.74) is 1.58. The summed E-state index contributed by atoms with van der Waals surface area (Å²) >= 11 is 4.69. The monoisotopic (exact) mass is 311 g/mol. The summed E-state index contributed by atoms with van der Waals surface area (Å²) in [5.74, 6) is -0.536. The third kappa shape index (κ3) is 2.64. The molecule has 0 saturated heterocycles. The van der Waals surface area contributed by atoms with Crippen molar-refractivity contribution in [3.05, 3.63) is 62.9 Å². The fourth-order valence-electron chi connectivity index (χ4n) is 1.65. The summed E-state index contributed by atoms with van der Waals surface area (Å²) in [6.45, 7) is 4.00. The first-order valence-electron chi connectivity index (χ1n) is 4.94. The predicted molar refractivity (Wildman–Crippen MR) is 71.0 cm³/mol. The first kappa shape index (κ1) is 12.5. The third-order valence-electron chi connectivity index (χ3n) is 2.49. The Morgan fingerprint density at radius 1 is 1.41 bits per heavy atom. The highest BCUT2D eigenvalue weighted by molar-refractivity contribution is 9.11. The summed E-state index contributed by atoms with van der Waals surface area (Å²) in [7, 11) is 0. The first-order chi connectivity index (χ1) is 8.11. The third-order valence-corrected chi connectivity index (χ3v) is 4.07. The lowest BCUT2D eigenvalue weighted by Crippen LogP contribution is -1.98. The molecule has 1 heterocycles. The molecule has 87 valence electrons. The zero-order valence-corrected chi connectivity index (χ0v) is 11.2. The minimum atomic E-state index is -0.293. The molecule has 1 atom stereocenters. The van der Waals surface area contributed by atoms with Crippen molar-refractivity contribution >= 4 is 33.6 Å². The van der Waals surface area contributed by atoms with E-state index in [-0.39, 0.29) is 11.7 Å². The van der Waals surface area contributed by atoms with E-state index in [0.29, 0.717) is 4.88 Å². The van der Waals surface area contributed by atoms with Gasteiger partial charge in [-0.2, -0.15) is 0 Å². The van der Waals surface area contributed by atoms with Gasteiger partial charge in [0.1, 0.15) is 5.82 Å². The molecule has 0 spiro atoms. The molecule has 1 nitrogen and oxygen atoms in total. The predicted octanol–water partition coefficient (Wildman–Crippen LogP) is 4.43. The number of aldehydes is 1. The normalized spacial score (nSPS) is 12.4. The molecule has 1 radical (unpaired) electrons. The maximum Gasteiger partial charge on any atom is 0.160 e. The van der Waals surface area contributed by atoms with Crippen LogP contribution in [0.3, 0.4) is 0 Å². The van der Waals surface area contributed by atoms with E-state index in [1.165, 1.54) is 23.5 Å². The van der Waals surface area contributed by atoms with Crippen LogP contribution < -0.4 is 0 Å². The van der Waals surface area contributed by atoms with Gasteiger partial charge in [-0.15, -0.1) is 11.3 Å². The maximum absolute atomic E-state index is 13.1. The molecule has 17 heavy (non-hydrogen) atoms. The lowest BCUT2D eigenvalue weighted by Gasteiger charge is -2.11. The number of carbonyl (C=O) groups excluding carboxylic acids is 1. The summed E-state index contributed by atoms with van der Waals surface area (Å²) in [4.78, 5) is 11.6. The largest absolute Gasteiger partial charge is 0.297 e. The molecule has 0 aliphatic heterocycles. The highest BCUT2D eigenvalue weighted by Gasteiger charge is 2.16. The fourth-order valence-corrected chi connectivity index (χ4v) is 3.19. The van der Waals surface area contributed by atoms with Gasteiger partial charge in [0.15, 0.2) is 6.29 Å². The van der Waals surface area contributed by atoms with Crippen LogP contribution in [-0.2, 0) is 0 Å². The number of rotatable bonds is 3. The molecule has 1 aromatic heterocycles. The Labute approximate surface area is 111 Å². The van der Waals surface area contributed by atoms with Crippen LogP contribution in [-0.4, -0.2) is 6.29 Å². The SMILES string of the molecule is [CH2]C(c1cccc(F)c1)c1cc(Br)sc1C=O. The summed E-state index contributed by atoms with van der Waals surface area (Å²) in [6.07, 6.45) is 0.808. The maximum atomic E-state index is 13.1. The van der Waals surface area contributed by atoms with Gasteiger partial charge >= 0.3 is 0 Å². The Morgan fingerprint density at radius 3 is 2.82 bits per heavy atom. The van der Waals surface area contributed by atoms with Crippen molar-refractivity contribution in [3.8, 4) is 0 Å². The van der Waals surface area contributed by atoms with E-state index in [4.69, 9.17) is 0 Å². The molecule has 2 rings (SSSR count). The van der Waals surface area contributed by atoms with Crippen molar-refractivity contribution in [2.24, 2.45) is 0 Å². The van der Waals surface area contributed by atoms with Gasteiger partial charge in [0.2, 0.25) is 0 Å². The van der Waals surface area contributed by atoms with Crippen molar-refractivity contribution in [2.75, 3.05) is 0 Å². The van der Waals surface area contributed by atoms with Crippen LogP contribution in [0.2, 0.25) is 0 Å². The number of benzene rings is 1. The molecule has 4 heteroatoms. The van der Waals surface area contributed by atoms with E-state index in [1.807, 2.05) is 6.07 Å². The topological polar surface area (TPSA) is 17.1 Å². The number of hydrogen-bond donors (Lipinski definition) is 0. The minimum Gasteiger partial charge on any atom is -0.297 e. The zero-order chi connectivity index (χ0) is 12.4. The second-order valence-corrected chi connectivity index (χ2v) is 6.06. The van der Waals surface area contributed by atoms with Crippen molar-refractivity contribution in [2.45, 2.75) is 5.92 Å². The van der Waals surface area contributed by atoms with Crippen LogP contribution in [0, 0.1) is 12.7 Å². The average molecular weight is 312 g/mol. The Bertz CT molecular complexity index is 550. The van der Waals surface area contributed by atoms with Gasteiger partial charge in [-0.1, -0.05) is 12.1 Å². The van der Waals surface area contributed by atoms with Crippen molar-refractivity contribution < 1.29 is 9.18 Å². The standard InChI is InChI=1S/C13H9BrFOS/c1-8(9-3-2-4-10(15)5-9)11-6-13(14)17-12(11)7-16/h2-8H,1H2. The molecule has 0 N–H and O–H groups in total. The minimum absolute atomic E-state index is 0.242. The second kappa shape index (κ2) is 5.10. The number of halogens is 2. The zero-order valence-electron chi connectivity index (χ0n) is 8.82. The van der Waals surface area contributed by atoms with Crippen LogP contribution in [0.25, 0.3) is 0 Å². The van der Waals surface area contributed by atoms with Gasteiger partial charge in [0.25, 0.3) is 0 Å². The van der Waals surface area contributed by atoms with E-state index in [1.54, 1.807) is 12.1 Å². The smallest absolute Gasteiger partial charge is 0.160 e. The van der Waals surface area contributed by atoms with Crippen molar-refractivity contribution in [1.82, 2.24) is 0 Å². The van der Waals surface area contributed by atoms with Crippen LogP contribution in [0.15, 0.2) is 34.1 Å². The molecule has 0 aliphatic carbocycles. The summed E-state index contributed by atoms with van der Waals surface area (Å²) in [6, 6.07) is 8.14. The van der Waals surface area contributed by atoms with Crippen LogP contribution >= 0.6 is 27.3 Å². The fraction of sp³-hybridized carbons (Fsp3) is 0.0769. The van der Waals surface area contributed by atoms with E-state index in [9.17, 15) is 9.18 Å². The molecule has 2 aromatic rings. The highest BCUT2D eigenvalue weighted by atomic mass is 79.9. The van der Waals surface area contributed by atoms with Crippen molar-refractivity contribution in [1.29, 1.82) is 0 Å².